The molecule has 1 aromatic rings. The molecule has 2 unspecified atom stereocenters. The van der Waals surface area contributed by atoms with E-state index in [9.17, 15) is 9.18 Å². The van der Waals surface area contributed by atoms with Crippen LogP contribution in [-0.2, 0) is 11.2 Å². The minimum absolute atomic E-state index is 0.0191. The van der Waals surface area contributed by atoms with Crippen LogP contribution in [0.1, 0.15) is 25.3 Å². The lowest BCUT2D eigenvalue weighted by atomic mass is 9.99. The molecule has 5 heteroatoms. The van der Waals surface area contributed by atoms with E-state index in [0.717, 1.165) is 19.4 Å². The van der Waals surface area contributed by atoms with Crippen LogP contribution in [0.3, 0.4) is 0 Å². The van der Waals surface area contributed by atoms with Gasteiger partial charge in [0.15, 0.2) is 0 Å². The summed E-state index contributed by atoms with van der Waals surface area (Å²) in [5.74, 6) is -0.620. The number of hydrogen-bond acceptors (Lipinski definition) is 2. The van der Waals surface area contributed by atoms with Crippen LogP contribution in [0.4, 0.5) is 4.39 Å². The Balaban J connectivity index is 1.97. The fourth-order valence-electron chi connectivity index (χ4n) is 2.36. The largest absolute Gasteiger partial charge is 0.352 e. The first-order valence-electron chi connectivity index (χ1n) is 6.53. The molecule has 2 atom stereocenters. The van der Waals surface area contributed by atoms with Crippen LogP contribution in [0.15, 0.2) is 18.2 Å². The van der Waals surface area contributed by atoms with Crippen molar-refractivity contribution >= 4 is 17.5 Å². The second-order valence-corrected chi connectivity index (χ2v) is 5.34. The van der Waals surface area contributed by atoms with E-state index in [0.29, 0.717) is 5.02 Å². The molecule has 1 aromatic carbocycles. The highest BCUT2D eigenvalue weighted by atomic mass is 35.5. The molecule has 1 heterocycles. The molecule has 1 aliphatic heterocycles. The molecule has 2 N–H and O–H groups in total. The van der Waals surface area contributed by atoms with Crippen molar-refractivity contribution in [2.75, 3.05) is 6.54 Å². The Morgan fingerprint density at radius 2 is 2.37 bits per heavy atom. The summed E-state index contributed by atoms with van der Waals surface area (Å²) in [5, 5.41) is 6.55. The molecule has 1 amide bonds. The van der Waals surface area contributed by atoms with Gasteiger partial charge in [-0.2, -0.15) is 0 Å². The summed E-state index contributed by atoms with van der Waals surface area (Å²) < 4.78 is 13.6. The quantitative estimate of drug-likeness (QED) is 0.894. The molecule has 2 rings (SSSR count). The third-order valence-electron chi connectivity index (χ3n) is 3.51. The topological polar surface area (TPSA) is 41.1 Å². The summed E-state index contributed by atoms with van der Waals surface area (Å²) in [6.45, 7) is 3.02. The molecule has 3 nitrogen and oxygen atoms in total. The molecular formula is C14H18ClFN2O. The molecule has 0 bridgehead atoms. The molecule has 1 aliphatic rings. The van der Waals surface area contributed by atoms with Crippen LogP contribution in [0.25, 0.3) is 0 Å². The van der Waals surface area contributed by atoms with Crippen molar-refractivity contribution in [2.24, 2.45) is 0 Å². The first-order valence-corrected chi connectivity index (χ1v) is 6.91. The van der Waals surface area contributed by atoms with Crippen LogP contribution in [0, 0.1) is 5.82 Å². The molecule has 1 saturated heterocycles. The SMILES string of the molecule is CC1NCCCC1NC(=O)Cc1c(F)cccc1Cl. The summed E-state index contributed by atoms with van der Waals surface area (Å²) in [5.41, 5.74) is 0.262. The number of piperidine rings is 1. The highest BCUT2D eigenvalue weighted by molar-refractivity contribution is 6.31. The van der Waals surface area contributed by atoms with E-state index in [4.69, 9.17) is 11.6 Å². The lowest BCUT2D eigenvalue weighted by Crippen LogP contribution is -2.52. The minimum Gasteiger partial charge on any atom is -0.352 e. The fourth-order valence-corrected chi connectivity index (χ4v) is 2.59. The Kier molecular flexibility index (Phi) is 4.77. The predicted molar refractivity (Wildman–Crippen MR) is 73.7 cm³/mol. The second kappa shape index (κ2) is 6.35. The maximum absolute atomic E-state index is 13.6. The summed E-state index contributed by atoms with van der Waals surface area (Å²) >= 11 is 5.91. The van der Waals surface area contributed by atoms with Crippen LogP contribution in [0.5, 0.6) is 0 Å². The van der Waals surface area contributed by atoms with E-state index in [1.54, 1.807) is 6.07 Å². The number of halogens is 2. The summed E-state index contributed by atoms with van der Waals surface area (Å²) in [6.07, 6.45) is 1.97. The molecule has 0 aliphatic carbocycles. The second-order valence-electron chi connectivity index (χ2n) is 4.94. The van der Waals surface area contributed by atoms with Crippen LogP contribution < -0.4 is 10.6 Å². The monoisotopic (exact) mass is 284 g/mol. The molecule has 1 fully saturated rings. The average molecular weight is 285 g/mol. The number of carbonyl (C=O) groups is 1. The Bertz CT molecular complexity index is 447. The zero-order valence-electron chi connectivity index (χ0n) is 10.9. The van der Waals surface area contributed by atoms with Gasteiger partial charge < -0.3 is 10.6 Å². The lowest BCUT2D eigenvalue weighted by Gasteiger charge is -2.30. The summed E-state index contributed by atoms with van der Waals surface area (Å²) in [6, 6.07) is 4.80. The van der Waals surface area contributed by atoms with Gasteiger partial charge in [-0.3, -0.25) is 4.79 Å². The molecule has 19 heavy (non-hydrogen) atoms. The van der Waals surface area contributed by atoms with Crippen molar-refractivity contribution in [2.45, 2.75) is 38.3 Å². The average Bonchev–Trinajstić information content (AvgIpc) is 2.37. The number of rotatable bonds is 3. The van der Waals surface area contributed by atoms with E-state index in [-0.39, 0.29) is 30.0 Å². The van der Waals surface area contributed by atoms with Crippen molar-refractivity contribution in [3.05, 3.63) is 34.6 Å². The van der Waals surface area contributed by atoms with Crippen molar-refractivity contribution in [1.82, 2.24) is 10.6 Å². The van der Waals surface area contributed by atoms with Gasteiger partial charge >= 0.3 is 0 Å². The standard InChI is InChI=1S/C14H18ClFN2O/c1-9-13(6-3-7-17-9)18-14(19)8-10-11(15)4-2-5-12(10)16/h2,4-5,9,13,17H,3,6-8H2,1H3,(H,18,19). The van der Waals surface area contributed by atoms with E-state index >= 15 is 0 Å². The highest BCUT2D eigenvalue weighted by Gasteiger charge is 2.23. The third-order valence-corrected chi connectivity index (χ3v) is 3.86. The fraction of sp³-hybridized carbons (Fsp3) is 0.500. The molecule has 0 spiro atoms. The molecular weight excluding hydrogens is 267 g/mol. The Labute approximate surface area is 117 Å². The van der Waals surface area contributed by atoms with E-state index in [1.165, 1.54) is 12.1 Å². The molecule has 0 saturated carbocycles. The van der Waals surface area contributed by atoms with Gasteiger partial charge in [-0.05, 0) is 38.4 Å². The number of benzene rings is 1. The van der Waals surface area contributed by atoms with Crippen molar-refractivity contribution in [3.8, 4) is 0 Å². The maximum Gasteiger partial charge on any atom is 0.224 e. The molecule has 0 radical (unpaired) electrons. The van der Waals surface area contributed by atoms with Gasteiger partial charge in [-0.25, -0.2) is 4.39 Å². The van der Waals surface area contributed by atoms with Gasteiger partial charge in [0, 0.05) is 22.7 Å². The van der Waals surface area contributed by atoms with Gasteiger partial charge in [0.1, 0.15) is 5.82 Å². The van der Waals surface area contributed by atoms with Crippen molar-refractivity contribution in [1.29, 1.82) is 0 Å². The van der Waals surface area contributed by atoms with Gasteiger partial charge in [-0.1, -0.05) is 17.7 Å². The smallest absolute Gasteiger partial charge is 0.224 e. The van der Waals surface area contributed by atoms with Crippen LogP contribution >= 0.6 is 11.6 Å². The Morgan fingerprint density at radius 3 is 3.05 bits per heavy atom. The first kappa shape index (κ1) is 14.3. The Hall–Kier alpha value is -1.13. The van der Waals surface area contributed by atoms with E-state index < -0.39 is 5.82 Å². The number of hydrogen-bond donors (Lipinski definition) is 2. The predicted octanol–water partition coefficient (Wildman–Crippen LogP) is 2.28. The number of nitrogens with one attached hydrogen (secondary N) is 2. The zero-order valence-corrected chi connectivity index (χ0v) is 11.6. The minimum atomic E-state index is -0.433. The van der Waals surface area contributed by atoms with E-state index in [2.05, 4.69) is 10.6 Å². The lowest BCUT2D eigenvalue weighted by molar-refractivity contribution is -0.121. The normalized spacial score (nSPS) is 23.1. The van der Waals surface area contributed by atoms with Gasteiger partial charge in [0.05, 0.1) is 6.42 Å². The van der Waals surface area contributed by atoms with Crippen molar-refractivity contribution in [3.63, 3.8) is 0 Å². The molecule has 104 valence electrons. The maximum atomic E-state index is 13.6. The van der Waals surface area contributed by atoms with Crippen LogP contribution in [-0.4, -0.2) is 24.5 Å². The first-order chi connectivity index (χ1) is 9.08. The summed E-state index contributed by atoms with van der Waals surface area (Å²) in [7, 11) is 0. The highest BCUT2D eigenvalue weighted by Crippen LogP contribution is 2.19. The van der Waals surface area contributed by atoms with Crippen LogP contribution in [0.2, 0.25) is 5.02 Å². The summed E-state index contributed by atoms with van der Waals surface area (Å²) in [4.78, 5) is 12.0. The van der Waals surface area contributed by atoms with Gasteiger partial charge in [-0.15, -0.1) is 0 Å². The zero-order chi connectivity index (χ0) is 13.8. The van der Waals surface area contributed by atoms with Crippen molar-refractivity contribution < 1.29 is 9.18 Å². The number of carbonyl (C=O) groups excluding carboxylic acids is 1. The number of amides is 1. The molecule has 0 aromatic heterocycles. The van der Waals surface area contributed by atoms with E-state index in [1.807, 2.05) is 6.92 Å². The Morgan fingerprint density at radius 1 is 1.58 bits per heavy atom. The van der Waals surface area contributed by atoms with Gasteiger partial charge in [0.25, 0.3) is 0 Å². The van der Waals surface area contributed by atoms with Gasteiger partial charge in [0.2, 0.25) is 5.91 Å². The third kappa shape index (κ3) is 3.67.